The first-order valence-electron chi connectivity index (χ1n) is 10.0. The van der Waals surface area contributed by atoms with Crippen LogP contribution in [-0.4, -0.2) is 21.4 Å². The number of aryl methyl sites for hydroxylation is 2. The lowest BCUT2D eigenvalue weighted by molar-refractivity contribution is -0.121. The Balaban J connectivity index is 1.85. The van der Waals surface area contributed by atoms with E-state index in [1.54, 1.807) is 0 Å². The first kappa shape index (κ1) is 20.6. The number of nitrogens with one attached hydrogen (secondary N) is 2. The van der Waals surface area contributed by atoms with E-state index in [2.05, 4.69) is 15.6 Å². The van der Waals surface area contributed by atoms with E-state index in [1.165, 1.54) is 5.56 Å². The predicted octanol–water partition coefficient (Wildman–Crippen LogP) is 4.27. The molecule has 0 bridgehead atoms. The van der Waals surface area contributed by atoms with Gasteiger partial charge in [-0.3, -0.25) is 9.59 Å². The molecule has 0 fully saturated rings. The summed E-state index contributed by atoms with van der Waals surface area (Å²) in [7, 11) is 0. The molecule has 2 aromatic carbocycles. The Bertz CT molecular complexity index is 1040. The molecule has 0 aliphatic heterocycles. The van der Waals surface area contributed by atoms with Crippen molar-refractivity contribution in [3.63, 3.8) is 0 Å². The van der Waals surface area contributed by atoms with Gasteiger partial charge in [-0.05, 0) is 62.6 Å². The van der Waals surface area contributed by atoms with Crippen molar-refractivity contribution in [2.75, 3.05) is 5.32 Å². The minimum Gasteiger partial charge on any atom is -0.346 e. The molecule has 3 aromatic rings. The van der Waals surface area contributed by atoms with E-state index < -0.39 is 0 Å². The first-order valence-corrected chi connectivity index (χ1v) is 10.0. The molecule has 0 radical (unpaired) electrons. The van der Waals surface area contributed by atoms with E-state index in [9.17, 15) is 9.59 Å². The Morgan fingerprint density at radius 3 is 2.55 bits per heavy atom. The SMILES string of the molecule is CCCC(=O)NC(C)c1nc2ccccc2n1CC(=O)Nc1ccc(C)c(C)c1. The standard InChI is InChI=1S/C23H28N4O2/c1-5-8-21(28)24-17(4)23-26-19-9-6-7-10-20(19)27(23)14-22(29)25-18-12-11-15(2)16(3)13-18/h6-7,9-13,17H,5,8,14H2,1-4H3,(H,24,28)(H,25,29). The maximum atomic E-state index is 12.8. The third-order valence-electron chi connectivity index (χ3n) is 5.02. The number of amides is 2. The van der Waals surface area contributed by atoms with Crippen LogP contribution in [0.4, 0.5) is 5.69 Å². The average molecular weight is 393 g/mol. The quantitative estimate of drug-likeness (QED) is 0.630. The summed E-state index contributed by atoms with van der Waals surface area (Å²) in [6, 6.07) is 13.3. The van der Waals surface area contributed by atoms with Crippen molar-refractivity contribution < 1.29 is 9.59 Å². The molecule has 1 atom stereocenters. The summed E-state index contributed by atoms with van der Waals surface area (Å²) in [6.45, 7) is 8.05. The van der Waals surface area contributed by atoms with Crippen LogP contribution in [0.1, 0.15) is 49.7 Å². The van der Waals surface area contributed by atoms with E-state index >= 15 is 0 Å². The fourth-order valence-corrected chi connectivity index (χ4v) is 3.36. The van der Waals surface area contributed by atoms with Crippen LogP contribution in [0.15, 0.2) is 42.5 Å². The Labute approximate surface area is 171 Å². The molecule has 0 aliphatic carbocycles. The third-order valence-corrected chi connectivity index (χ3v) is 5.02. The number of benzene rings is 2. The zero-order valence-electron chi connectivity index (χ0n) is 17.5. The molecule has 0 saturated carbocycles. The summed E-state index contributed by atoms with van der Waals surface area (Å²) in [6.07, 6.45) is 1.26. The summed E-state index contributed by atoms with van der Waals surface area (Å²) in [4.78, 5) is 29.5. The van der Waals surface area contributed by atoms with E-state index in [-0.39, 0.29) is 24.4 Å². The van der Waals surface area contributed by atoms with Gasteiger partial charge < -0.3 is 15.2 Å². The average Bonchev–Trinajstić information content (AvgIpc) is 3.03. The van der Waals surface area contributed by atoms with Gasteiger partial charge in [0, 0.05) is 12.1 Å². The molecule has 6 heteroatoms. The monoisotopic (exact) mass is 392 g/mol. The Hall–Kier alpha value is -3.15. The number of fused-ring (bicyclic) bond motifs is 1. The van der Waals surface area contributed by atoms with Crippen LogP contribution in [0.3, 0.4) is 0 Å². The zero-order chi connectivity index (χ0) is 21.0. The van der Waals surface area contributed by atoms with E-state index in [1.807, 2.05) is 74.7 Å². The molecular weight excluding hydrogens is 364 g/mol. The van der Waals surface area contributed by atoms with Crippen molar-refractivity contribution in [3.05, 3.63) is 59.4 Å². The molecule has 2 amide bonds. The Kier molecular flexibility index (Phi) is 6.32. The van der Waals surface area contributed by atoms with Crippen molar-refractivity contribution in [2.45, 2.75) is 53.1 Å². The number of aromatic nitrogens is 2. The highest BCUT2D eigenvalue weighted by molar-refractivity contribution is 5.92. The van der Waals surface area contributed by atoms with Gasteiger partial charge in [0.05, 0.1) is 17.1 Å². The summed E-state index contributed by atoms with van der Waals surface area (Å²) in [5.41, 5.74) is 4.76. The van der Waals surface area contributed by atoms with Gasteiger partial charge in [0.1, 0.15) is 12.4 Å². The normalized spacial score (nSPS) is 12.0. The number of anilines is 1. The van der Waals surface area contributed by atoms with E-state index in [0.29, 0.717) is 12.2 Å². The fraction of sp³-hybridized carbons (Fsp3) is 0.348. The van der Waals surface area contributed by atoms with Gasteiger partial charge in [-0.2, -0.15) is 0 Å². The number of para-hydroxylation sites is 2. The molecule has 1 heterocycles. The topological polar surface area (TPSA) is 76.0 Å². The van der Waals surface area contributed by atoms with Crippen molar-refractivity contribution >= 4 is 28.5 Å². The molecule has 1 unspecified atom stereocenters. The molecule has 6 nitrogen and oxygen atoms in total. The van der Waals surface area contributed by atoms with Gasteiger partial charge in [-0.25, -0.2) is 4.98 Å². The smallest absolute Gasteiger partial charge is 0.244 e. The van der Waals surface area contributed by atoms with E-state index in [0.717, 1.165) is 28.7 Å². The second-order valence-electron chi connectivity index (χ2n) is 7.43. The molecule has 152 valence electrons. The highest BCUT2D eigenvalue weighted by Crippen LogP contribution is 2.21. The fourth-order valence-electron chi connectivity index (χ4n) is 3.36. The predicted molar refractivity (Wildman–Crippen MR) is 116 cm³/mol. The van der Waals surface area contributed by atoms with Gasteiger partial charge in [0.25, 0.3) is 0 Å². The highest BCUT2D eigenvalue weighted by atomic mass is 16.2. The second-order valence-corrected chi connectivity index (χ2v) is 7.43. The van der Waals surface area contributed by atoms with Crippen LogP contribution < -0.4 is 10.6 Å². The summed E-state index contributed by atoms with van der Waals surface area (Å²) < 4.78 is 1.88. The van der Waals surface area contributed by atoms with Crippen LogP contribution in [0.2, 0.25) is 0 Å². The second kappa shape index (κ2) is 8.90. The lowest BCUT2D eigenvalue weighted by atomic mass is 10.1. The van der Waals surface area contributed by atoms with Crippen LogP contribution in [-0.2, 0) is 16.1 Å². The molecule has 0 aliphatic rings. The number of imidazole rings is 1. The molecule has 29 heavy (non-hydrogen) atoms. The largest absolute Gasteiger partial charge is 0.346 e. The van der Waals surface area contributed by atoms with Gasteiger partial charge in [0.2, 0.25) is 11.8 Å². The Morgan fingerprint density at radius 1 is 1.07 bits per heavy atom. The van der Waals surface area contributed by atoms with Crippen LogP contribution in [0, 0.1) is 13.8 Å². The van der Waals surface area contributed by atoms with Crippen molar-refractivity contribution in [2.24, 2.45) is 0 Å². The first-order chi connectivity index (χ1) is 13.9. The number of carbonyl (C=O) groups is 2. The van der Waals surface area contributed by atoms with Gasteiger partial charge in [0.15, 0.2) is 0 Å². The van der Waals surface area contributed by atoms with Crippen LogP contribution in [0.5, 0.6) is 0 Å². The number of rotatable bonds is 7. The van der Waals surface area contributed by atoms with Crippen LogP contribution in [0.25, 0.3) is 11.0 Å². The molecular formula is C23H28N4O2. The molecule has 2 N–H and O–H groups in total. The lowest BCUT2D eigenvalue weighted by Crippen LogP contribution is -2.29. The maximum Gasteiger partial charge on any atom is 0.244 e. The number of hydrogen-bond donors (Lipinski definition) is 2. The minimum atomic E-state index is -0.295. The molecule has 0 saturated heterocycles. The lowest BCUT2D eigenvalue weighted by Gasteiger charge is -2.16. The molecule has 3 rings (SSSR count). The summed E-state index contributed by atoms with van der Waals surface area (Å²) >= 11 is 0. The van der Waals surface area contributed by atoms with Crippen molar-refractivity contribution in [1.82, 2.24) is 14.9 Å². The van der Waals surface area contributed by atoms with Crippen molar-refractivity contribution in [1.29, 1.82) is 0 Å². The zero-order valence-corrected chi connectivity index (χ0v) is 17.5. The number of hydrogen-bond acceptors (Lipinski definition) is 3. The summed E-state index contributed by atoms with van der Waals surface area (Å²) in [5, 5.41) is 5.95. The van der Waals surface area contributed by atoms with E-state index in [4.69, 9.17) is 0 Å². The maximum absolute atomic E-state index is 12.8. The highest BCUT2D eigenvalue weighted by Gasteiger charge is 2.20. The van der Waals surface area contributed by atoms with Crippen LogP contribution >= 0.6 is 0 Å². The van der Waals surface area contributed by atoms with Gasteiger partial charge >= 0.3 is 0 Å². The van der Waals surface area contributed by atoms with Crippen molar-refractivity contribution in [3.8, 4) is 0 Å². The number of nitrogens with zero attached hydrogens (tertiary/aromatic N) is 2. The summed E-state index contributed by atoms with van der Waals surface area (Å²) in [5.74, 6) is 0.522. The third kappa shape index (κ3) is 4.83. The van der Waals surface area contributed by atoms with Gasteiger partial charge in [-0.15, -0.1) is 0 Å². The Morgan fingerprint density at radius 2 is 1.83 bits per heavy atom. The van der Waals surface area contributed by atoms with Gasteiger partial charge in [-0.1, -0.05) is 25.1 Å². The minimum absolute atomic E-state index is 0.0156. The molecule has 1 aromatic heterocycles. The molecule has 0 spiro atoms. The number of carbonyl (C=O) groups excluding carboxylic acids is 2.